The molecule has 0 aliphatic rings. The summed E-state index contributed by atoms with van der Waals surface area (Å²) in [5.74, 6) is -3.31. The van der Waals surface area contributed by atoms with Crippen LogP contribution in [0.5, 0.6) is 5.75 Å². The second-order valence-corrected chi connectivity index (χ2v) is 9.32. The number of aromatic nitrogens is 1. The number of ether oxygens (including phenoxy) is 1. The molecule has 220 valence electrons. The maximum atomic E-state index is 12.7. The lowest BCUT2D eigenvalue weighted by Gasteiger charge is -2.14. The zero-order valence-electron chi connectivity index (χ0n) is 20.9. The summed E-state index contributed by atoms with van der Waals surface area (Å²) in [6.45, 7) is -0.113. The van der Waals surface area contributed by atoms with Gasteiger partial charge in [-0.15, -0.1) is 0 Å². The molecule has 0 bridgehead atoms. The maximum absolute atomic E-state index is 12.7. The Morgan fingerprint density at radius 1 is 1.20 bits per heavy atom. The van der Waals surface area contributed by atoms with E-state index in [9.17, 15) is 36.0 Å². The average molecular weight is 593 g/mol. The lowest BCUT2D eigenvalue weighted by atomic mass is 10.2. The van der Waals surface area contributed by atoms with Gasteiger partial charge < -0.3 is 36.0 Å². The first-order chi connectivity index (χ1) is 18.6. The molecule has 1 aromatic heterocycles. The molecule has 2 rings (SSSR count). The molecule has 0 saturated carbocycles. The summed E-state index contributed by atoms with van der Waals surface area (Å²) in [7, 11) is -2.80. The Morgan fingerprint density at radius 2 is 1.82 bits per heavy atom. The van der Waals surface area contributed by atoms with Crippen molar-refractivity contribution in [1.82, 2.24) is 9.88 Å². The summed E-state index contributed by atoms with van der Waals surface area (Å²) < 4.78 is 65.5. The van der Waals surface area contributed by atoms with E-state index >= 15 is 0 Å². The van der Waals surface area contributed by atoms with Crippen molar-refractivity contribution in [3.05, 3.63) is 52.9 Å². The smallest absolute Gasteiger partial charge is 0.490 e. The quantitative estimate of drug-likeness (QED) is 0.0961. The minimum atomic E-state index is -5.08. The van der Waals surface area contributed by atoms with Gasteiger partial charge in [0.1, 0.15) is 29.2 Å². The molecule has 40 heavy (non-hydrogen) atoms. The third-order valence-corrected chi connectivity index (χ3v) is 6.06. The maximum Gasteiger partial charge on any atom is 0.490 e. The summed E-state index contributed by atoms with van der Waals surface area (Å²) in [4.78, 5) is 48.8. The number of anilines is 1. The highest BCUT2D eigenvalue weighted by atomic mass is 32.2. The minimum absolute atomic E-state index is 0.0673. The second kappa shape index (κ2) is 15.1. The third kappa shape index (κ3) is 11.0. The highest BCUT2D eigenvalue weighted by Crippen LogP contribution is 2.24. The summed E-state index contributed by atoms with van der Waals surface area (Å²) in [5.41, 5.74) is 9.47. The van der Waals surface area contributed by atoms with Crippen molar-refractivity contribution in [3.63, 3.8) is 0 Å². The van der Waals surface area contributed by atoms with Crippen molar-refractivity contribution in [1.29, 1.82) is 0 Å². The number of amides is 1. The number of methoxy groups -OCH3 is 1. The van der Waals surface area contributed by atoms with Gasteiger partial charge in [0.25, 0.3) is 15.6 Å². The summed E-state index contributed by atoms with van der Waals surface area (Å²) in [6, 6.07) is 7.86. The molecule has 0 aliphatic heterocycles. The Labute approximate surface area is 225 Å². The number of rotatable bonds is 12. The molecule has 0 radical (unpaired) electrons. The Hall–Kier alpha value is -4.61. The number of carboxylic acid groups (broad SMARTS) is 1. The van der Waals surface area contributed by atoms with Crippen molar-refractivity contribution in [2.24, 2.45) is 16.5 Å². The summed E-state index contributed by atoms with van der Waals surface area (Å²) in [6.07, 6.45) is -2.41. The number of carbonyl (C=O) groups excluding carboxylic acids is 2. The number of hydrogen-bond acceptors (Lipinski definition) is 8. The van der Waals surface area contributed by atoms with E-state index in [1.165, 1.54) is 43.6 Å². The number of nitrogens with zero attached hydrogens (tertiary/aromatic N) is 2. The molecule has 0 aliphatic carbocycles. The highest BCUT2D eigenvalue weighted by molar-refractivity contribution is 7.92. The monoisotopic (exact) mass is 592 g/mol. The lowest BCUT2D eigenvalue weighted by molar-refractivity contribution is -0.192. The summed E-state index contributed by atoms with van der Waals surface area (Å²) in [5, 5.41) is 9.63. The lowest BCUT2D eigenvalue weighted by Crippen LogP contribution is -2.40. The van der Waals surface area contributed by atoms with E-state index in [2.05, 4.69) is 15.0 Å². The molecular weight excluding hydrogens is 565 g/mol. The Kier molecular flexibility index (Phi) is 12.6. The number of hydrogen-bond donors (Lipinski definition) is 5. The van der Waals surface area contributed by atoms with Crippen molar-refractivity contribution in [3.8, 4) is 5.75 Å². The Morgan fingerprint density at radius 3 is 2.38 bits per heavy atom. The van der Waals surface area contributed by atoms with Crippen LogP contribution in [0.3, 0.4) is 0 Å². The van der Waals surface area contributed by atoms with E-state index in [4.69, 9.17) is 26.1 Å². The highest BCUT2D eigenvalue weighted by Gasteiger charge is 2.38. The van der Waals surface area contributed by atoms with Gasteiger partial charge in [0.05, 0.1) is 13.2 Å². The topological polar surface area (TPSA) is 225 Å². The van der Waals surface area contributed by atoms with E-state index < -0.39 is 46.2 Å². The number of aliphatic carboxylic acids is 1. The summed E-state index contributed by atoms with van der Waals surface area (Å²) >= 11 is 0. The zero-order chi connectivity index (χ0) is 30.5. The SMILES string of the molecule is COc1ccccc1S(=O)(=O)Nc1cccn(CC(=O)N[C@H](C=O)CCCN=C(N)N)c1=O.O=C(O)C(F)(F)F. The molecule has 0 saturated heterocycles. The molecule has 0 spiro atoms. The van der Waals surface area contributed by atoms with Crippen LogP contribution in [0.25, 0.3) is 0 Å². The van der Waals surface area contributed by atoms with E-state index in [1.807, 2.05) is 0 Å². The number of alkyl halides is 3. The van der Waals surface area contributed by atoms with Crippen LogP contribution in [-0.4, -0.2) is 68.1 Å². The standard InChI is InChI=1S/C20H26N6O6S.C2HF3O2/c1-32-16-8-2-3-9-17(16)33(30,31)25-15-7-5-11-26(19(15)29)12-18(28)24-14(13-27)6-4-10-23-20(21)22;3-2(4,5)1(6)7/h2-3,5,7-9,11,13-14,25H,4,6,10,12H2,1H3,(H,24,28)(H4,21,22,23);(H,6,7)/t14-;/m0./s1. The number of nitrogens with two attached hydrogens (primary N) is 2. The van der Waals surface area contributed by atoms with E-state index in [-0.39, 0.29) is 22.3 Å². The van der Waals surface area contributed by atoms with Crippen LogP contribution in [0, 0.1) is 0 Å². The third-order valence-electron chi connectivity index (χ3n) is 4.66. The number of carboxylic acids is 1. The number of guanidine groups is 1. The number of sulfonamides is 1. The molecule has 1 amide bonds. The minimum Gasteiger partial charge on any atom is -0.495 e. The largest absolute Gasteiger partial charge is 0.495 e. The van der Waals surface area contributed by atoms with Gasteiger partial charge in [-0.05, 0) is 37.1 Å². The molecule has 1 aromatic carbocycles. The predicted octanol–water partition coefficient (Wildman–Crippen LogP) is 0.0283. The van der Waals surface area contributed by atoms with Crippen LogP contribution in [0.4, 0.5) is 18.9 Å². The Bertz CT molecular complexity index is 1380. The number of para-hydroxylation sites is 1. The normalized spacial score (nSPS) is 11.7. The first-order valence-electron chi connectivity index (χ1n) is 11.1. The van der Waals surface area contributed by atoms with Gasteiger partial charge in [0, 0.05) is 12.7 Å². The molecule has 2 aromatic rings. The van der Waals surface area contributed by atoms with Gasteiger partial charge in [-0.1, -0.05) is 12.1 Å². The molecule has 18 heteroatoms. The number of halogens is 3. The van der Waals surface area contributed by atoms with Gasteiger partial charge >= 0.3 is 12.1 Å². The van der Waals surface area contributed by atoms with Crippen LogP contribution >= 0.6 is 0 Å². The van der Waals surface area contributed by atoms with E-state index in [0.717, 1.165) is 4.57 Å². The van der Waals surface area contributed by atoms with Crippen molar-refractivity contribution >= 4 is 39.8 Å². The molecule has 14 nitrogen and oxygen atoms in total. The van der Waals surface area contributed by atoms with Crippen LogP contribution in [0.1, 0.15) is 12.8 Å². The van der Waals surface area contributed by atoms with Crippen molar-refractivity contribution < 1.29 is 45.8 Å². The number of aliphatic imine (C=N–C) groups is 1. The predicted molar refractivity (Wildman–Crippen MR) is 136 cm³/mol. The van der Waals surface area contributed by atoms with Gasteiger partial charge in [0.15, 0.2) is 5.96 Å². The van der Waals surface area contributed by atoms with Gasteiger partial charge in [0.2, 0.25) is 5.91 Å². The fourth-order valence-corrected chi connectivity index (χ4v) is 4.11. The van der Waals surface area contributed by atoms with Crippen LogP contribution in [0.15, 0.2) is 57.3 Å². The fourth-order valence-electron chi connectivity index (χ4n) is 2.88. The Balaban J connectivity index is 0.00000101. The molecule has 0 unspecified atom stereocenters. The molecule has 7 N–H and O–H groups in total. The van der Waals surface area contributed by atoms with Crippen LogP contribution in [0.2, 0.25) is 0 Å². The number of carbonyl (C=O) groups is 3. The first kappa shape index (κ1) is 33.4. The van der Waals surface area contributed by atoms with Gasteiger partial charge in [-0.2, -0.15) is 13.2 Å². The van der Waals surface area contributed by atoms with Crippen molar-refractivity contribution in [2.75, 3.05) is 18.4 Å². The second-order valence-electron chi connectivity index (χ2n) is 7.67. The number of aldehydes is 1. The number of benzene rings is 1. The molecule has 1 heterocycles. The molecular formula is C22H27F3N6O8S. The zero-order valence-corrected chi connectivity index (χ0v) is 21.7. The molecule has 0 fully saturated rings. The van der Waals surface area contributed by atoms with E-state index in [0.29, 0.717) is 25.7 Å². The van der Waals surface area contributed by atoms with Gasteiger partial charge in [-0.3, -0.25) is 19.3 Å². The van der Waals surface area contributed by atoms with Crippen molar-refractivity contribution in [2.45, 2.75) is 36.5 Å². The average Bonchev–Trinajstić information content (AvgIpc) is 2.87. The number of nitrogens with one attached hydrogen (secondary N) is 2. The van der Waals surface area contributed by atoms with Gasteiger partial charge in [-0.25, -0.2) is 13.2 Å². The fraction of sp³-hybridized carbons (Fsp3) is 0.318. The number of pyridine rings is 1. The molecule has 1 atom stereocenters. The first-order valence-corrected chi connectivity index (χ1v) is 12.6. The van der Waals surface area contributed by atoms with E-state index in [1.54, 1.807) is 6.07 Å². The van der Waals surface area contributed by atoms with Crippen LogP contribution < -0.4 is 31.8 Å². The van der Waals surface area contributed by atoms with Crippen LogP contribution in [-0.2, 0) is 31.0 Å².